The fourth-order valence-corrected chi connectivity index (χ4v) is 2.91. The van der Waals surface area contributed by atoms with E-state index in [1.54, 1.807) is 60.5 Å². The second-order valence-corrected chi connectivity index (χ2v) is 5.91. The summed E-state index contributed by atoms with van der Waals surface area (Å²) in [5.41, 5.74) is 1.22. The predicted molar refractivity (Wildman–Crippen MR) is 91.2 cm³/mol. The monoisotopic (exact) mass is 344 g/mol. The zero-order valence-electron chi connectivity index (χ0n) is 13.2. The Morgan fingerprint density at radius 1 is 1.25 bits per heavy atom. The number of piperazine rings is 1. The summed E-state index contributed by atoms with van der Waals surface area (Å²) in [5, 5.41) is 3.40. The molecule has 1 heterocycles. The number of methoxy groups -OCH3 is 1. The quantitative estimate of drug-likeness (QED) is 0.931. The van der Waals surface area contributed by atoms with Crippen LogP contribution >= 0.6 is 11.6 Å². The van der Waals surface area contributed by atoms with Gasteiger partial charge < -0.3 is 15.0 Å². The predicted octanol–water partition coefficient (Wildman–Crippen LogP) is 2.66. The number of hydrogen-bond acceptors (Lipinski definition) is 3. The number of hydrogen-bond donors (Lipinski definition) is 1. The summed E-state index contributed by atoms with van der Waals surface area (Å²) in [5.74, 6) is 0.203. The minimum atomic E-state index is -0.672. The molecule has 0 spiro atoms. The Kier molecular flexibility index (Phi) is 4.71. The van der Waals surface area contributed by atoms with Crippen LogP contribution in [-0.4, -0.2) is 36.9 Å². The van der Waals surface area contributed by atoms with Gasteiger partial charge in [-0.05, 0) is 35.9 Å². The first-order valence-corrected chi connectivity index (χ1v) is 7.96. The molecule has 0 aromatic heterocycles. The van der Waals surface area contributed by atoms with E-state index < -0.39 is 6.04 Å². The van der Waals surface area contributed by atoms with Crippen LogP contribution in [0.3, 0.4) is 0 Å². The molecule has 1 aliphatic rings. The van der Waals surface area contributed by atoms with Crippen LogP contribution in [0.1, 0.15) is 22.0 Å². The van der Waals surface area contributed by atoms with Crippen LogP contribution in [0, 0.1) is 0 Å². The summed E-state index contributed by atoms with van der Waals surface area (Å²) in [6.45, 7) is 0.869. The molecule has 3 rings (SSSR count). The molecule has 0 radical (unpaired) electrons. The van der Waals surface area contributed by atoms with Crippen molar-refractivity contribution in [2.45, 2.75) is 6.04 Å². The first kappa shape index (κ1) is 16.3. The first-order valence-electron chi connectivity index (χ1n) is 7.58. The Balaban J connectivity index is 1.95. The Morgan fingerprint density at radius 2 is 2.00 bits per heavy atom. The molecular formula is C18H17ClN2O3. The molecular weight excluding hydrogens is 328 g/mol. The van der Waals surface area contributed by atoms with Crippen molar-refractivity contribution in [3.63, 3.8) is 0 Å². The second-order valence-electron chi connectivity index (χ2n) is 5.48. The molecule has 2 aromatic rings. The standard InChI is InChI=1S/C18H17ClN2O3/c1-24-15-4-2-3-13(11-15)18(23)21-10-9-20-17(22)16(21)12-5-7-14(19)8-6-12/h2-8,11,16H,9-10H2,1H3,(H,20,22). The van der Waals surface area contributed by atoms with Crippen LogP contribution in [0.15, 0.2) is 48.5 Å². The Bertz CT molecular complexity index is 761. The van der Waals surface area contributed by atoms with Gasteiger partial charge in [0.05, 0.1) is 7.11 Å². The number of halogens is 1. The fourth-order valence-electron chi connectivity index (χ4n) is 2.78. The summed E-state index contributed by atoms with van der Waals surface area (Å²) >= 11 is 5.92. The van der Waals surface area contributed by atoms with Crippen molar-refractivity contribution < 1.29 is 14.3 Å². The number of carbonyl (C=O) groups is 2. The van der Waals surface area contributed by atoms with E-state index in [0.29, 0.717) is 29.4 Å². The van der Waals surface area contributed by atoms with Gasteiger partial charge in [-0.1, -0.05) is 29.8 Å². The number of ether oxygens (including phenoxy) is 1. The van der Waals surface area contributed by atoms with Gasteiger partial charge >= 0.3 is 0 Å². The van der Waals surface area contributed by atoms with Gasteiger partial charge in [-0.2, -0.15) is 0 Å². The van der Waals surface area contributed by atoms with Crippen LogP contribution in [0.4, 0.5) is 0 Å². The summed E-state index contributed by atoms with van der Waals surface area (Å²) in [4.78, 5) is 26.9. The van der Waals surface area contributed by atoms with Crippen molar-refractivity contribution in [3.05, 3.63) is 64.7 Å². The first-order chi connectivity index (χ1) is 11.6. The van der Waals surface area contributed by atoms with E-state index >= 15 is 0 Å². The van der Waals surface area contributed by atoms with Gasteiger partial charge in [0, 0.05) is 23.7 Å². The molecule has 0 bridgehead atoms. The van der Waals surface area contributed by atoms with Crippen molar-refractivity contribution in [2.75, 3.05) is 20.2 Å². The third-order valence-corrected chi connectivity index (χ3v) is 4.23. The summed E-state index contributed by atoms with van der Waals surface area (Å²) < 4.78 is 5.17. The van der Waals surface area contributed by atoms with Crippen LogP contribution in [0.2, 0.25) is 5.02 Å². The van der Waals surface area contributed by atoms with Crippen LogP contribution in [0.5, 0.6) is 5.75 Å². The maximum absolute atomic E-state index is 12.9. The number of nitrogens with one attached hydrogen (secondary N) is 1. The SMILES string of the molecule is COc1cccc(C(=O)N2CCNC(=O)C2c2ccc(Cl)cc2)c1. The lowest BCUT2D eigenvalue weighted by atomic mass is 10.0. The second kappa shape index (κ2) is 6.93. The molecule has 1 atom stereocenters. The maximum atomic E-state index is 12.9. The number of carbonyl (C=O) groups excluding carboxylic acids is 2. The van der Waals surface area contributed by atoms with Crippen molar-refractivity contribution in [3.8, 4) is 5.75 Å². The van der Waals surface area contributed by atoms with E-state index in [4.69, 9.17) is 16.3 Å². The van der Waals surface area contributed by atoms with Gasteiger partial charge in [0.15, 0.2) is 0 Å². The number of amides is 2. The Hall–Kier alpha value is -2.53. The number of rotatable bonds is 3. The van der Waals surface area contributed by atoms with E-state index in [1.807, 2.05) is 0 Å². The largest absolute Gasteiger partial charge is 0.497 e. The van der Waals surface area contributed by atoms with E-state index in [9.17, 15) is 9.59 Å². The topological polar surface area (TPSA) is 58.6 Å². The highest BCUT2D eigenvalue weighted by Gasteiger charge is 2.34. The molecule has 6 heteroatoms. The molecule has 2 aromatic carbocycles. The van der Waals surface area contributed by atoms with Gasteiger partial charge in [-0.15, -0.1) is 0 Å². The van der Waals surface area contributed by atoms with Gasteiger partial charge in [-0.3, -0.25) is 9.59 Å². The minimum Gasteiger partial charge on any atom is -0.497 e. The van der Waals surface area contributed by atoms with E-state index in [2.05, 4.69) is 5.32 Å². The minimum absolute atomic E-state index is 0.195. The normalized spacial score (nSPS) is 17.3. The Morgan fingerprint density at radius 3 is 2.71 bits per heavy atom. The highest BCUT2D eigenvalue weighted by atomic mass is 35.5. The molecule has 1 aliphatic heterocycles. The van der Waals surface area contributed by atoms with Gasteiger partial charge in [0.2, 0.25) is 5.91 Å². The lowest BCUT2D eigenvalue weighted by Gasteiger charge is -2.35. The molecule has 1 unspecified atom stereocenters. The Labute approximate surface area is 145 Å². The average molecular weight is 345 g/mol. The summed E-state index contributed by atoms with van der Waals surface area (Å²) in [6, 6.07) is 13.2. The van der Waals surface area contributed by atoms with Crippen molar-refractivity contribution in [1.82, 2.24) is 10.2 Å². The maximum Gasteiger partial charge on any atom is 0.255 e. The van der Waals surface area contributed by atoms with E-state index in [0.717, 1.165) is 5.56 Å². The third kappa shape index (κ3) is 3.21. The van der Waals surface area contributed by atoms with E-state index in [-0.39, 0.29) is 11.8 Å². The van der Waals surface area contributed by atoms with Crippen LogP contribution in [0.25, 0.3) is 0 Å². The number of benzene rings is 2. The molecule has 124 valence electrons. The van der Waals surface area contributed by atoms with Gasteiger partial charge in [0.25, 0.3) is 5.91 Å². The average Bonchev–Trinajstić information content (AvgIpc) is 2.62. The number of nitrogens with zero attached hydrogens (tertiary/aromatic N) is 1. The summed E-state index contributed by atoms with van der Waals surface area (Å²) in [6.07, 6.45) is 0. The van der Waals surface area contributed by atoms with Crippen molar-refractivity contribution >= 4 is 23.4 Å². The van der Waals surface area contributed by atoms with Crippen LogP contribution in [-0.2, 0) is 4.79 Å². The molecule has 24 heavy (non-hydrogen) atoms. The molecule has 0 saturated carbocycles. The molecule has 0 aliphatic carbocycles. The lowest BCUT2D eigenvalue weighted by Crippen LogP contribution is -2.52. The van der Waals surface area contributed by atoms with Gasteiger partial charge in [-0.25, -0.2) is 0 Å². The smallest absolute Gasteiger partial charge is 0.255 e. The van der Waals surface area contributed by atoms with Crippen LogP contribution < -0.4 is 10.1 Å². The molecule has 1 N–H and O–H groups in total. The lowest BCUT2D eigenvalue weighted by molar-refractivity contribution is -0.128. The summed E-state index contributed by atoms with van der Waals surface area (Å²) in [7, 11) is 1.55. The molecule has 1 saturated heterocycles. The highest BCUT2D eigenvalue weighted by molar-refractivity contribution is 6.30. The fraction of sp³-hybridized carbons (Fsp3) is 0.222. The molecule has 1 fully saturated rings. The zero-order valence-corrected chi connectivity index (χ0v) is 13.9. The van der Waals surface area contributed by atoms with E-state index in [1.165, 1.54) is 0 Å². The van der Waals surface area contributed by atoms with Gasteiger partial charge in [0.1, 0.15) is 11.8 Å². The van der Waals surface area contributed by atoms with Crippen molar-refractivity contribution in [2.24, 2.45) is 0 Å². The molecule has 2 amide bonds. The third-order valence-electron chi connectivity index (χ3n) is 3.98. The zero-order chi connectivity index (χ0) is 17.1. The van der Waals surface area contributed by atoms with Crippen molar-refractivity contribution in [1.29, 1.82) is 0 Å². The molecule has 5 nitrogen and oxygen atoms in total. The highest BCUT2D eigenvalue weighted by Crippen LogP contribution is 2.27.